The van der Waals surface area contributed by atoms with Gasteiger partial charge in [-0.1, -0.05) is 48.1 Å². The maximum atomic E-state index is 13.3. The van der Waals surface area contributed by atoms with Crippen LogP contribution in [0.15, 0.2) is 72.4 Å². The van der Waals surface area contributed by atoms with Crippen molar-refractivity contribution in [1.29, 1.82) is 0 Å². The van der Waals surface area contributed by atoms with Gasteiger partial charge in [0.25, 0.3) is 0 Å². The lowest BCUT2D eigenvalue weighted by Gasteiger charge is -2.12. The minimum Gasteiger partial charge on any atom is -0.340 e. The number of alkyl halides is 3. The second-order valence-corrected chi connectivity index (χ2v) is 7.61. The SMILES string of the molecule is C=CC(=O)Nc1cccc(Nc2cc(C(F)(F)F)nc(SCc3ccc(Cl)cc3)n2)c1. The number of rotatable bonds is 7. The van der Waals surface area contributed by atoms with Gasteiger partial charge in [0, 0.05) is 28.2 Å². The summed E-state index contributed by atoms with van der Waals surface area (Å²) in [5.74, 6) is -0.0476. The second kappa shape index (κ2) is 9.84. The number of thioether (sulfide) groups is 1. The zero-order valence-corrected chi connectivity index (χ0v) is 17.5. The lowest BCUT2D eigenvalue weighted by Crippen LogP contribution is -2.11. The summed E-state index contributed by atoms with van der Waals surface area (Å²) in [7, 11) is 0. The van der Waals surface area contributed by atoms with Crippen molar-refractivity contribution >= 4 is 46.5 Å². The van der Waals surface area contributed by atoms with Crippen LogP contribution in [0.25, 0.3) is 0 Å². The Hall–Kier alpha value is -3.04. The van der Waals surface area contributed by atoms with Crippen LogP contribution >= 0.6 is 23.4 Å². The molecule has 0 spiro atoms. The number of benzene rings is 2. The summed E-state index contributed by atoms with van der Waals surface area (Å²) in [5.41, 5.74) is 0.718. The molecule has 10 heteroatoms. The smallest absolute Gasteiger partial charge is 0.340 e. The van der Waals surface area contributed by atoms with Gasteiger partial charge in [0.15, 0.2) is 10.9 Å². The highest BCUT2D eigenvalue weighted by atomic mass is 35.5. The molecule has 3 aromatic rings. The number of anilines is 3. The summed E-state index contributed by atoms with van der Waals surface area (Å²) < 4.78 is 40.0. The first kappa shape index (κ1) is 22.6. The van der Waals surface area contributed by atoms with Gasteiger partial charge in [0.2, 0.25) is 5.91 Å². The zero-order chi connectivity index (χ0) is 22.4. The van der Waals surface area contributed by atoms with Gasteiger partial charge in [-0.25, -0.2) is 9.97 Å². The first-order valence-corrected chi connectivity index (χ1v) is 10.2. The van der Waals surface area contributed by atoms with Crippen molar-refractivity contribution in [2.75, 3.05) is 10.6 Å². The second-order valence-electron chi connectivity index (χ2n) is 6.23. The van der Waals surface area contributed by atoms with Gasteiger partial charge in [0.05, 0.1) is 0 Å². The molecule has 1 aromatic heterocycles. The summed E-state index contributed by atoms with van der Waals surface area (Å²) >= 11 is 6.93. The Labute approximate surface area is 185 Å². The Kier molecular flexibility index (Phi) is 7.19. The fourth-order valence-corrected chi connectivity index (χ4v) is 3.38. The van der Waals surface area contributed by atoms with E-state index in [1.54, 1.807) is 48.5 Å². The van der Waals surface area contributed by atoms with Crippen molar-refractivity contribution in [1.82, 2.24) is 9.97 Å². The summed E-state index contributed by atoms with van der Waals surface area (Å²) in [6, 6.07) is 14.3. The van der Waals surface area contributed by atoms with Crippen molar-refractivity contribution in [2.45, 2.75) is 17.1 Å². The molecular formula is C21H16ClF3N4OS. The predicted molar refractivity (Wildman–Crippen MR) is 117 cm³/mol. The molecule has 1 heterocycles. The van der Waals surface area contributed by atoms with Crippen LogP contribution < -0.4 is 10.6 Å². The number of nitrogens with zero attached hydrogens (tertiary/aromatic N) is 2. The zero-order valence-electron chi connectivity index (χ0n) is 15.9. The third-order valence-electron chi connectivity index (χ3n) is 3.87. The lowest BCUT2D eigenvalue weighted by atomic mass is 10.2. The average Bonchev–Trinajstić information content (AvgIpc) is 2.73. The predicted octanol–water partition coefficient (Wildman–Crippen LogP) is 6.31. The van der Waals surface area contributed by atoms with E-state index in [1.165, 1.54) is 0 Å². The Morgan fingerprint density at radius 1 is 1.10 bits per heavy atom. The van der Waals surface area contributed by atoms with Crippen LogP contribution in [-0.2, 0) is 16.7 Å². The van der Waals surface area contributed by atoms with Gasteiger partial charge in [-0.15, -0.1) is 0 Å². The molecule has 5 nitrogen and oxygen atoms in total. The molecule has 0 saturated carbocycles. The third-order valence-corrected chi connectivity index (χ3v) is 5.04. The number of carbonyl (C=O) groups excluding carboxylic acids is 1. The molecule has 0 bridgehead atoms. The fourth-order valence-electron chi connectivity index (χ4n) is 2.44. The number of aromatic nitrogens is 2. The maximum Gasteiger partial charge on any atom is 0.433 e. The number of nitrogens with one attached hydrogen (secondary N) is 2. The van der Waals surface area contributed by atoms with Crippen molar-refractivity contribution in [3.05, 3.63) is 83.5 Å². The minimum absolute atomic E-state index is 0.0203. The first-order chi connectivity index (χ1) is 14.7. The Morgan fingerprint density at radius 2 is 1.81 bits per heavy atom. The quantitative estimate of drug-likeness (QED) is 0.244. The molecule has 0 atom stereocenters. The van der Waals surface area contributed by atoms with Crippen molar-refractivity contribution in [3.8, 4) is 0 Å². The minimum atomic E-state index is -4.63. The van der Waals surface area contributed by atoms with Crippen LogP contribution in [0.1, 0.15) is 11.3 Å². The van der Waals surface area contributed by atoms with E-state index in [9.17, 15) is 18.0 Å². The van der Waals surface area contributed by atoms with Crippen LogP contribution in [-0.4, -0.2) is 15.9 Å². The van der Waals surface area contributed by atoms with E-state index >= 15 is 0 Å². The van der Waals surface area contributed by atoms with E-state index in [-0.39, 0.29) is 11.0 Å². The van der Waals surface area contributed by atoms with E-state index in [2.05, 4.69) is 27.2 Å². The number of hydrogen-bond donors (Lipinski definition) is 2. The monoisotopic (exact) mass is 464 g/mol. The summed E-state index contributed by atoms with van der Waals surface area (Å²) in [4.78, 5) is 19.3. The maximum absolute atomic E-state index is 13.3. The number of hydrogen-bond acceptors (Lipinski definition) is 5. The van der Waals surface area contributed by atoms with Crippen LogP contribution in [0.3, 0.4) is 0 Å². The van der Waals surface area contributed by atoms with E-state index < -0.39 is 17.8 Å². The van der Waals surface area contributed by atoms with E-state index in [0.717, 1.165) is 29.5 Å². The van der Waals surface area contributed by atoms with Gasteiger partial charge < -0.3 is 10.6 Å². The normalized spacial score (nSPS) is 11.1. The Balaban J connectivity index is 1.83. The molecule has 0 radical (unpaired) electrons. The molecule has 160 valence electrons. The fraction of sp³-hybridized carbons (Fsp3) is 0.0952. The highest BCUT2D eigenvalue weighted by Crippen LogP contribution is 2.32. The number of carbonyl (C=O) groups is 1. The summed E-state index contributed by atoms with van der Waals surface area (Å²) in [5, 5.41) is 5.97. The van der Waals surface area contributed by atoms with E-state index in [0.29, 0.717) is 22.2 Å². The summed E-state index contributed by atoms with van der Waals surface area (Å²) in [6.45, 7) is 3.37. The molecule has 1 amide bonds. The van der Waals surface area contributed by atoms with Gasteiger partial charge in [-0.2, -0.15) is 13.2 Å². The topological polar surface area (TPSA) is 66.9 Å². The standard InChI is InChI=1S/C21H16ClF3N4OS/c1-2-19(30)27-16-5-3-4-15(10-16)26-18-11-17(21(23,24)25)28-20(29-18)31-12-13-6-8-14(22)9-7-13/h2-11H,1,12H2,(H,27,30)(H,26,28,29). The molecule has 0 saturated heterocycles. The first-order valence-electron chi connectivity index (χ1n) is 8.87. The van der Waals surface area contributed by atoms with Gasteiger partial charge in [-0.05, 0) is 42.0 Å². The van der Waals surface area contributed by atoms with Crippen molar-refractivity contribution in [3.63, 3.8) is 0 Å². The van der Waals surface area contributed by atoms with Crippen molar-refractivity contribution in [2.24, 2.45) is 0 Å². The number of halogens is 4. The molecular weight excluding hydrogens is 449 g/mol. The van der Waals surface area contributed by atoms with E-state index in [1.807, 2.05) is 0 Å². The Bertz CT molecular complexity index is 1090. The van der Waals surface area contributed by atoms with Crippen LogP contribution in [0.2, 0.25) is 5.02 Å². The Morgan fingerprint density at radius 3 is 2.48 bits per heavy atom. The molecule has 0 aliphatic rings. The van der Waals surface area contributed by atoms with Crippen LogP contribution in [0, 0.1) is 0 Å². The largest absolute Gasteiger partial charge is 0.433 e. The molecule has 0 unspecified atom stereocenters. The summed E-state index contributed by atoms with van der Waals surface area (Å²) in [6.07, 6.45) is -3.51. The van der Waals surface area contributed by atoms with E-state index in [4.69, 9.17) is 11.6 Å². The molecule has 0 fully saturated rings. The van der Waals surface area contributed by atoms with Gasteiger partial charge in [0.1, 0.15) is 5.82 Å². The highest BCUT2D eigenvalue weighted by Gasteiger charge is 2.33. The van der Waals surface area contributed by atoms with Crippen LogP contribution in [0.5, 0.6) is 0 Å². The molecule has 0 aliphatic heterocycles. The molecule has 2 aromatic carbocycles. The van der Waals surface area contributed by atoms with Gasteiger partial charge in [-0.3, -0.25) is 4.79 Å². The number of amides is 1. The molecule has 3 rings (SSSR count). The molecule has 2 N–H and O–H groups in total. The van der Waals surface area contributed by atoms with Gasteiger partial charge >= 0.3 is 6.18 Å². The molecule has 0 aliphatic carbocycles. The van der Waals surface area contributed by atoms with Crippen molar-refractivity contribution < 1.29 is 18.0 Å². The molecule has 31 heavy (non-hydrogen) atoms. The third kappa shape index (κ3) is 6.73. The highest BCUT2D eigenvalue weighted by molar-refractivity contribution is 7.98. The van der Waals surface area contributed by atoms with Crippen LogP contribution in [0.4, 0.5) is 30.4 Å². The lowest BCUT2D eigenvalue weighted by molar-refractivity contribution is -0.141. The average molecular weight is 465 g/mol.